The van der Waals surface area contributed by atoms with Gasteiger partial charge >= 0.3 is 0 Å². The molecule has 0 spiro atoms. The highest BCUT2D eigenvalue weighted by molar-refractivity contribution is 5.30. The molecule has 2 atom stereocenters. The van der Waals surface area contributed by atoms with Gasteiger partial charge in [-0.05, 0) is 37.2 Å². The molecule has 1 aromatic carbocycles. The first kappa shape index (κ1) is 13.0. The minimum atomic E-state index is 0.0625. The number of methoxy groups -OCH3 is 1. The second-order valence-corrected chi connectivity index (χ2v) is 4.03. The van der Waals surface area contributed by atoms with Crippen LogP contribution in [0.2, 0.25) is 0 Å². The van der Waals surface area contributed by atoms with Crippen LogP contribution in [0.5, 0.6) is 5.75 Å². The Morgan fingerprint density at radius 2 is 2.19 bits per heavy atom. The Morgan fingerprint density at radius 3 is 2.75 bits per heavy atom. The van der Waals surface area contributed by atoms with Gasteiger partial charge in [0, 0.05) is 6.04 Å². The SMILES string of the molecule is CCC(CNC)C(N)c1cccc(OC)c1. The van der Waals surface area contributed by atoms with Crippen molar-refractivity contribution in [3.63, 3.8) is 0 Å². The number of nitrogens with one attached hydrogen (secondary N) is 1. The molecule has 0 fully saturated rings. The van der Waals surface area contributed by atoms with Gasteiger partial charge in [0.15, 0.2) is 0 Å². The quantitative estimate of drug-likeness (QED) is 0.773. The lowest BCUT2D eigenvalue weighted by atomic mass is 9.91. The van der Waals surface area contributed by atoms with E-state index in [-0.39, 0.29) is 6.04 Å². The molecule has 0 aliphatic carbocycles. The monoisotopic (exact) mass is 222 g/mol. The average molecular weight is 222 g/mol. The number of nitrogens with two attached hydrogens (primary N) is 1. The van der Waals surface area contributed by atoms with Crippen molar-refractivity contribution in [2.24, 2.45) is 11.7 Å². The summed E-state index contributed by atoms with van der Waals surface area (Å²) in [5, 5.41) is 3.19. The molecule has 1 rings (SSSR count). The largest absolute Gasteiger partial charge is 0.497 e. The van der Waals surface area contributed by atoms with Crippen molar-refractivity contribution >= 4 is 0 Å². The minimum Gasteiger partial charge on any atom is -0.497 e. The smallest absolute Gasteiger partial charge is 0.119 e. The van der Waals surface area contributed by atoms with Gasteiger partial charge in [-0.25, -0.2) is 0 Å². The highest BCUT2D eigenvalue weighted by Crippen LogP contribution is 2.24. The van der Waals surface area contributed by atoms with E-state index in [1.54, 1.807) is 7.11 Å². The van der Waals surface area contributed by atoms with E-state index >= 15 is 0 Å². The molecule has 0 bridgehead atoms. The molecule has 0 radical (unpaired) electrons. The second kappa shape index (κ2) is 6.51. The van der Waals surface area contributed by atoms with E-state index in [9.17, 15) is 0 Å². The van der Waals surface area contributed by atoms with Crippen LogP contribution in [0.25, 0.3) is 0 Å². The summed E-state index contributed by atoms with van der Waals surface area (Å²) in [5.41, 5.74) is 7.40. The first-order chi connectivity index (χ1) is 7.72. The van der Waals surface area contributed by atoms with Crippen LogP contribution < -0.4 is 15.8 Å². The molecule has 3 heteroatoms. The molecule has 0 heterocycles. The molecule has 1 aromatic rings. The fourth-order valence-corrected chi connectivity index (χ4v) is 1.91. The lowest BCUT2D eigenvalue weighted by Gasteiger charge is -2.23. The van der Waals surface area contributed by atoms with Crippen molar-refractivity contribution in [1.82, 2.24) is 5.32 Å². The summed E-state index contributed by atoms with van der Waals surface area (Å²) in [6, 6.07) is 8.07. The minimum absolute atomic E-state index is 0.0625. The fourth-order valence-electron chi connectivity index (χ4n) is 1.91. The van der Waals surface area contributed by atoms with E-state index < -0.39 is 0 Å². The molecular weight excluding hydrogens is 200 g/mol. The Bertz CT molecular complexity index is 315. The van der Waals surface area contributed by atoms with Crippen molar-refractivity contribution in [3.8, 4) is 5.75 Å². The first-order valence-corrected chi connectivity index (χ1v) is 5.77. The van der Waals surface area contributed by atoms with Crippen molar-refractivity contribution in [1.29, 1.82) is 0 Å². The third-order valence-electron chi connectivity index (χ3n) is 2.98. The number of rotatable bonds is 6. The predicted octanol–water partition coefficient (Wildman–Crippen LogP) is 1.94. The fraction of sp³-hybridized carbons (Fsp3) is 0.538. The van der Waals surface area contributed by atoms with E-state index in [0.29, 0.717) is 5.92 Å². The molecule has 0 saturated heterocycles. The predicted molar refractivity (Wildman–Crippen MR) is 67.6 cm³/mol. The molecule has 0 saturated carbocycles. The summed E-state index contributed by atoms with van der Waals surface area (Å²) < 4.78 is 5.21. The van der Waals surface area contributed by atoms with Gasteiger partial charge in [-0.1, -0.05) is 25.5 Å². The van der Waals surface area contributed by atoms with Crippen molar-refractivity contribution in [2.75, 3.05) is 20.7 Å². The van der Waals surface area contributed by atoms with Gasteiger partial charge in [0.05, 0.1) is 7.11 Å². The zero-order valence-electron chi connectivity index (χ0n) is 10.4. The normalized spacial score (nSPS) is 14.5. The Balaban J connectivity index is 2.80. The Morgan fingerprint density at radius 1 is 1.44 bits per heavy atom. The van der Waals surface area contributed by atoms with Crippen LogP contribution in [0.3, 0.4) is 0 Å². The van der Waals surface area contributed by atoms with E-state index in [0.717, 1.165) is 24.3 Å². The standard InChI is InChI=1S/C13H22N2O/c1-4-10(9-15-2)13(14)11-6-5-7-12(8-11)16-3/h5-8,10,13,15H,4,9,14H2,1-3H3. The zero-order chi connectivity index (χ0) is 12.0. The number of hydrogen-bond donors (Lipinski definition) is 2. The first-order valence-electron chi connectivity index (χ1n) is 5.77. The maximum Gasteiger partial charge on any atom is 0.119 e. The van der Waals surface area contributed by atoms with Gasteiger partial charge in [-0.3, -0.25) is 0 Å². The molecule has 2 unspecified atom stereocenters. The summed E-state index contributed by atoms with van der Waals surface area (Å²) in [4.78, 5) is 0. The third kappa shape index (κ3) is 3.22. The van der Waals surface area contributed by atoms with Crippen LogP contribution in [-0.2, 0) is 0 Å². The topological polar surface area (TPSA) is 47.3 Å². The highest BCUT2D eigenvalue weighted by Gasteiger charge is 2.17. The van der Waals surface area contributed by atoms with Crippen LogP contribution in [0.1, 0.15) is 24.9 Å². The summed E-state index contributed by atoms with van der Waals surface area (Å²) in [5.74, 6) is 1.32. The van der Waals surface area contributed by atoms with E-state index in [2.05, 4.69) is 18.3 Å². The van der Waals surface area contributed by atoms with Crippen molar-refractivity contribution in [3.05, 3.63) is 29.8 Å². The van der Waals surface area contributed by atoms with Crippen molar-refractivity contribution < 1.29 is 4.74 Å². The average Bonchev–Trinajstić information content (AvgIpc) is 2.35. The maximum atomic E-state index is 6.26. The lowest BCUT2D eigenvalue weighted by molar-refractivity contribution is 0.395. The van der Waals surface area contributed by atoms with E-state index in [4.69, 9.17) is 10.5 Å². The van der Waals surface area contributed by atoms with E-state index in [1.165, 1.54) is 0 Å². The van der Waals surface area contributed by atoms with Crippen LogP contribution in [-0.4, -0.2) is 20.7 Å². The molecule has 0 aliphatic rings. The molecule has 0 aromatic heterocycles. The highest BCUT2D eigenvalue weighted by atomic mass is 16.5. The Labute approximate surface area is 98.0 Å². The third-order valence-corrected chi connectivity index (χ3v) is 2.98. The maximum absolute atomic E-state index is 6.26. The van der Waals surface area contributed by atoms with Crippen LogP contribution in [0.15, 0.2) is 24.3 Å². The van der Waals surface area contributed by atoms with Crippen LogP contribution in [0.4, 0.5) is 0 Å². The number of ether oxygens (including phenoxy) is 1. The van der Waals surface area contributed by atoms with Crippen LogP contribution >= 0.6 is 0 Å². The summed E-state index contributed by atoms with van der Waals surface area (Å²) in [6.07, 6.45) is 1.07. The lowest BCUT2D eigenvalue weighted by Crippen LogP contribution is -2.29. The summed E-state index contributed by atoms with van der Waals surface area (Å²) in [6.45, 7) is 3.11. The van der Waals surface area contributed by atoms with Gasteiger partial charge in [-0.15, -0.1) is 0 Å². The Kier molecular flexibility index (Phi) is 5.29. The van der Waals surface area contributed by atoms with Gasteiger partial charge in [0.25, 0.3) is 0 Å². The van der Waals surface area contributed by atoms with Gasteiger partial charge in [0.1, 0.15) is 5.75 Å². The summed E-state index contributed by atoms with van der Waals surface area (Å²) in [7, 11) is 3.64. The van der Waals surface area contributed by atoms with Crippen molar-refractivity contribution in [2.45, 2.75) is 19.4 Å². The summed E-state index contributed by atoms with van der Waals surface area (Å²) >= 11 is 0. The molecule has 3 N–H and O–H groups in total. The van der Waals surface area contributed by atoms with Gasteiger partial charge < -0.3 is 15.8 Å². The number of hydrogen-bond acceptors (Lipinski definition) is 3. The molecule has 0 amide bonds. The molecule has 0 aliphatic heterocycles. The molecule has 16 heavy (non-hydrogen) atoms. The second-order valence-electron chi connectivity index (χ2n) is 4.03. The van der Waals surface area contributed by atoms with Crippen LogP contribution in [0, 0.1) is 5.92 Å². The zero-order valence-corrected chi connectivity index (χ0v) is 10.4. The molecular formula is C13H22N2O. The molecule has 3 nitrogen and oxygen atoms in total. The van der Waals surface area contributed by atoms with Gasteiger partial charge in [0.2, 0.25) is 0 Å². The van der Waals surface area contributed by atoms with E-state index in [1.807, 2.05) is 25.2 Å². The Hall–Kier alpha value is -1.06. The molecule has 90 valence electrons. The number of benzene rings is 1. The van der Waals surface area contributed by atoms with Gasteiger partial charge in [-0.2, -0.15) is 0 Å².